The van der Waals surface area contributed by atoms with E-state index in [0.29, 0.717) is 25.2 Å². The first-order chi connectivity index (χ1) is 12.7. The van der Waals surface area contributed by atoms with Gasteiger partial charge in [0.25, 0.3) is 5.91 Å². The summed E-state index contributed by atoms with van der Waals surface area (Å²) in [5, 5.41) is 17.0. The number of thiophene rings is 1. The highest BCUT2D eigenvalue weighted by Crippen LogP contribution is 2.21. The molecule has 0 radical (unpaired) electrons. The van der Waals surface area contributed by atoms with Crippen LogP contribution in [0.15, 0.2) is 52.5 Å². The van der Waals surface area contributed by atoms with Crippen LogP contribution in [0.3, 0.4) is 0 Å². The molecule has 1 atom stereocenters. The molecule has 1 aromatic carbocycles. The van der Waals surface area contributed by atoms with Crippen molar-refractivity contribution in [1.82, 2.24) is 9.88 Å². The summed E-state index contributed by atoms with van der Waals surface area (Å²) in [6, 6.07) is 11.6. The van der Waals surface area contributed by atoms with Crippen LogP contribution < -0.4 is 5.73 Å². The van der Waals surface area contributed by atoms with Crippen molar-refractivity contribution in [1.29, 1.82) is 0 Å². The van der Waals surface area contributed by atoms with E-state index in [9.17, 15) is 9.90 Å². The highest BCUT2D eigenvalue weighted by atomic mass is 32.1. The number of aliphatic hydroxyl groups is 1. The minimum Gasteiger partial charge on any atom is -0.387 e. The Labute approximate surface area is 160 Å². The second-order valence-corrected chi connectivity index (χ2v) is 7.63. The van der Waals surface area contributed by atoms with Crippen LogP contribution in [0.4, 0.5) is 0 Å². The molecule has 0 aliphatic rings. The Morgan fingerprint density at radius 3 is 2.73 bits per heavy atom. The highest BCUT2D eigenvalue weighted by Gasteiger charge is 2.22. The third-order valence-corrected chi connectivity index (χ3v) is 5.56. The second kappa shape index (κ2) is 9.05. The fourth-order valence-electron chi connectivity index (χ4n) is 2.61. The van der Waals surface area contributed by atoms with Gasteiger partial charge in [-0.15, -0.1) is 11.3 Å². The summed E-state index contributed by atoms with van der Waals surface area (Å²) < 4.78 is 0. The molecule has 3 N–H and O–H groups in total. The molecule has 0 bridgehead atoms. The molecular weight excluding hydrogens is 366 g/mol. The van der Waals surface area contributed by atoms with E-state index in [-0.39, 0.29) is 12.5 Å². The van der Waals surface area contributed by atoms with E-state index in [1.807, 2.05) is 47.2 Å². The predicted octanol–water partition coefficient (Wildman–Crippen LogP) is 3.08. The van der Waals surface area contributed by atoms with Crippen LogP contribution in [0.25, 0.3) is 0 Å². The Balaban J connectivity index is 1.79. The fraction of sp³-hybridized carbons (Fsp3) is 0.263. The summed E-state index contributed by atoms with van der Waals surface area (Å²) in [5.41, 5.74) is 7.81. The molecule has 26 heavy (non-hydrogen) atoms. The zero-order valence-electron chi connectivity index (χ0n) is 14.2. The molecule has 2 aromatic heterocycles. The molecule has 3 rings (SSSR count). The van der Waals surface area contributed by atoms with E-state index in [4.69, 9.17) is 5.73 Å². The number of hydrogen-bond donors (Lipinski definition) is 2. The minimum atomic E-state index is -0.726. The van der Waals surface area contributed by atoms with Gasteiger partial charge < -0.3 is 15.7 Å². The summed E-state index contributed by atoms with van der Waals surface area (Å²) in [7, 11) is 0. The van der Waals surface area contributed by atoms with Crippen molar-refractivity contribution < 1.29 is 9.90 Å². The number of hydrogen-bond acceptors (Lipinski definition) is 6. The highest BCUT2D eigenvalue weighted by molar-refractivity contribution is 7.09. The average Bonchev–Trinajstić information content (AvgIpc) is 3.34. The van der Waals surface area contributed by atoms with Crippen LogP contribution in [0, 0.1) is 0 Å². The summed E-state index contributed by atoms with van der Waals surface area (Å²) in [5.74, 6) is -0.178. The zero-order chi connectivity index (χ0) is 18.4. The molecule has 3 aromatic rings. The lowest BCUT2D eigenvalue weighted by molar-refractivity contribution is 0.0599. The van der Waals surface area contributed by atoms with E-state index in [0.717, 1.165) is 16.1 Å². The van der Waals surface area contributed by atoms with E-state index in [2.05, 4.69) is 4.98 Å². The summed E-state index contributed by atoms with van der Waals surface area (Å²) >= 11 is 2.97. The van der Waals surface area contributed by atoms with E-state index in [1.165, 1.54) is 22.7 Å². The van der Waals surface area contributed by atoms with E-state index in [1.54, 1.807) is 10.3 Å². The number of rotatable bonds is 8. The SMILES string of the molecule is NCCc1nc(C(=O)N(Cc2ccccc2)CC(O)c2ccsc2)cs1. The van der Waals surface area contributed by atoms with Crippen LogP contribution in [0.1, 0.15) is 32.7 Å². The lowest BCUT2D eigenvalue weighted by atomic mass is 10.1. The molecule has 136 valence electrons. The maximum atomic E-state index is 13.0. The summed E-state index contributed by atoms with van der Waals surface area (Å²) in [6.07, 6.45) is -0.0650. The molecule has 1 amide bonds. The van der Waals surface area contributed by atoms with Gasteiger partial charge in [0.05, 0.1) is 17.7 Å². The third kappa shape index (κ3) is 4.76. The van der Waals surface area contributed by atoms with Crippen molar-refractivity contribution in [3.63, 3.8) is 0 Å². The van der Waals surface area contributed by atoms with Crippen LogP contribution in [0.5, 0.6) is 0 Å². The molecule has 0 saturated heterocycles. The Hall–Kier alpha value is -2.06. The number of benzene rings is 1. The van der Waals surface area contributed by atoms with Crippen molar-refractivity contribution in [3.8, 4) is 0 Å². The Kier molecular flexibility index (Phi) is 6.51. The normalized spacial score (nSPS) is 12.1. The Morgan fingerprint density at radius 2 is 2.04 bits per heavy atom. The predicted molar refractivity (Wildman–Crippen MR) is 105 cm³/mol. The first-order valence-corrected chi connectivity index (χ1v) is 10.2. The van der Waals surface area contributed by atoms with Gasteiger partial charge in [-0.3, -0.25) is 4.79 Å². The summed E-state index contributed by atoms with van der Waals surface area (Å²) in [6.45, 7) is 1.14. The number of carbonyl (C=O) groups excluding carboxylic acids is 1. The lowest BCUT2D eigenvalue weighted by Crippen LogP contribution is -2.34. The molecular formula is C19H21N3O2S2. The average molecular weight is 388 g/mol. The molecule has 0 aliphatic carbocycles. The number of nitrogens with zero attached hydrogens (tertiary/aromatic N) is 2. The molecule has 1 unspecified atom stereocenters. The maximum absolute atomic E-state index is 13.0. The van der Waals surface area contributed by atoms with Gasteiger partial charge in [0, 0.05) is 18.3 Å². The topological polar surface area (TPSA) is 79.5 Å². The Morgan fingerprint density at radius 1 is 1.23 bits per heavy atom. The van der Waals surface area contributed by atoms with Gasteiger partial charge in [-0.05, 0) is 34.5 Å². The molecule has 0 spiro atoms. The van der Waals surface area contributed by atoms with Crippen molar-refractivity contribution in [2.75, 3.05) is 13.1 Å². The van der Waals surface area contributed by atoms with Crippen molar-refractivity contribution in [2.24, 2.45) is 5.73 Å². The fourth-order valence-corrected chi connectivity index (χ4v) is 4.11. The quantitative estimate of drug-likeness (QED) is 0.622. The molecule has 0 fully saturated rings. The zero-order valence-corrected chi connectivity index (χ0v) is 15.9. The van der Waals surface area contributed by atoms with Crippen molar-refractivity contribution in [3.05, 3.63) is 74.4 Å². The first-order valence-electron chi connectivity index (χ1n) is 8.35. The monoisotopic (exact) mass is 387 g/mol. The van der Waals surface area contributed by atoms with Crippen LogP contribution in [-0.4, -0.2) is 34.0 Å². The van der Waals surface area contributed by atoms with E-state index < -0.39 is 6.10 Å². The number of thiazole rings is 1. The lowest BCUT2D eigenvalue weighted by Gasteiger charge is -2.24. The van der Waals surface area contributed by atoms with Gasteiger partial charge in [-0.25, -0.2) is 4.98 Å². The number of aliphatic hydroxyl groups excluding tert-OH is 1. The molecule has 0 saturated carbocycles. The second-order valence-electron chi connectivity index (χ2n) is 5.91. The van der Waals surface area contributed by atoms with Crippen LogP contribution in [0.2, 0.25) is 0 Å². The number of aromatic nitrogens is 1. The number of nitrogens with two attached hydrogens (primary N) is 1. The maximum Gasteiger partial charge on any atom is 0.273 e. The van der Waals surface area contributed by atoms with Gasteiger partial charge in [0.2, 0.25) is 0 Å². The third-order valence-electron chi connectivity index (χ3n) is 3.95. The summed E-state index contributed by atoms with van der Waals surface area (Å²) in [4.78, 5) is 19.1. The van der Waals surface area contributed by atoms with Gasteiger partial charge in [0.1, 0.15) is 5.69 Å². The van der Waals surface area contributed by atoms with Crippen molar-refractivity contribution >= 4 is 28.6 Å². The van der Waals surface area contributed by atoms with Gasteiger partial charge >= 0.3 is 0 Å². The smallest absolute Gasteiger partial charge is 0.273 e. The molecule has 2 heterocycles. The number of amides is 1. The van der Waals surface area contributed by atoms with Crippen molar-refractivity contribution in [2.45, 2.75) is 19.1 Å². The van der Waals surface area contributed by atoms with Gasteiger partial charge in [-0.1, -0.05) is 30.3 Å². The molecule has 5 nitrogen and oxygen atoms in total. The van der Waals surface area contributed by atoms with Crippen LogP contribution >= 0.6 is 22.7 Å². The molecule has 0 aliphatic heterocycles. The number of carbonyl (C=O) groups is 1. The van der Waals surface area contributed by atoms with Crippen LogP contribution in [-0.2, 0) is 13.0 Å². The van der Waals surface area contributed by atoms with Gasteiger partial charge in [0.15, 0.2) is 0 Å². The largest absolute Gasteiger partial charge is 0.387 e. The van der Waals surface area contributed by atoms with E-state index >= 15 is 0 Å². The molecule has 7 heteroatoms. The standard InChI is InChI=1S/C19H21N3O2S2/c20-8-6-18-21-16(13-26-18)19(24)22(10-14-4-2-1-3-5-14)11-17(23)15-7-9-25-12-15/h1-5,7,9,12-13,17,23H,6,8,10-11,20H2. The van der Waals surface area contributed by atoms with Gasteiger partial charge in [-0.2, -0.15) is 11.3 Å². The first kappa shape index (κ1) is 18.7. The minimum absolute atomic E-state index is 0.178. The Bertz CT molecular complexity index is 818.